The highest BCUT2D eigenvalue weighted by atomic mass is 127. The molecule has 0 radical (unpaired) electrons. The number of guanidine groups is 1. The van der Waals surface area contributed by atoms with Crippen LogP contribution in [0.5, 0.6) is 5.75 Å². The Hall–Kier alpha value is -1.37. The number of halogens is 1. The third kappa shape index (κ3) is 8.11. The quantitative estimate of drug-likeness (QED) is 0.251. The van der Waals surface area contributed by atoms with E-state index < -0.39 is 15.9 Å². The summed E-state index contributed by atoms with van der Waals surface area (Å²) < 4.78 is 30.1. The number of methoxy groups -OCH3 is 1. The molecule has 1 unspecified atom stereocenters. The van der Waals surface area contributed by atoms with Crippen molar-refractivity contribution in [2.24, 2.45) is 4.99 Å². The molecule has 0 aliphatic rings. The fraction of sp³-hybridized carbons (Fsp3) is 0.421. The van der Waals surface area contributed by atoms with Crippen molar-refractivity contribution in [3.05, 3.63) is 46.8 Å². The molecule has 3 N–H and O–H groups in total. The fourth-order valence-corrected chi connectivity index (χ4v) is 5.02. The Bertz CT molecular complexity index is 887. The summed E-state index contributed by atoms with van der Waals surface area (Å²) in [7, 11) is -1.87. The van der Waals surface area contributed by atoms with E-state index in [0.29, 0.717) is 19.0 Å². The molecule has 1 aromatic carbocycles. The highest BCUT2D eigenvalue weighted by molar-refractivity contribution is 14.0. The second-order valence-corrected chi connectivity index (χ2v) is 9.47. The van der Waals surface area contributed by atoms with Crippen molar-refractivity contribution in [1.82, 2.24) is 10.6 Å². The predicted octanol–water partition coefficient (Wildman–Crippen LogP) is 2.57. The highest BCUT2D eigenvalue weighted by Crippen LogP contribution is 2.20. The molecule has 29 heavy (non-hydrogen) atoms. The van der Waals surface area contributed by atoms with Gasteiger partial charge in [0.1, 0.15) is 9.96 Å². The summed E-state index contributed by atoms with van der Waals surface area (Å²) in [6.07, 6.45) is -1.05. The average molecular weight is 553 g/mol. The molecule has 1 aromatic heterocycles. The van der Waals surface area contributed by atoms with Gasteiger partial charge in [0, 0.05) is 18.7 Å². The molecular weight excluding hydrogens is 525 g/mol. The van der Waals surface area contributed by atoms with Crippen LogP contribution in [0.1, 0.15) is 18.1 Å². The third-order valence-corrected chi connectivity index (χ3v) is 7.20. The van der Waals surface area contributed by atoms with Crippen molar-refractivity contribution in [3.8, 4) is 5.75 Å². The largest absolute Gasteiger partial charge is 0.496 e. The molecule has 0 fully saturated rings. The molecule has 0 saturated heterocycles. The number of aliphatic imine (C=N–C) groups is 1. The lowest BCUT2D eigenvalue weighted by Crippen LogP contribution is -2.42. The number of thiophene rings is 1. The van der Waals surface area contributed by atoms with Crippen molar-refractivity contribution in [3.63, 3.8) is 0 Å². The maximum Gasteiger partial charge on any atom is 0.191 e. The van der Waals surface area contributed by atoms with E-state index >= 15 is 0 Å². The van der Waals surface area contributed by atoms with E-state index in [1.807, 2.05) is 32.0 Å². The molecule has 10 heteroatoms. The van der Waals surface area contributed by atoms with Crippen LogP contribution in [0.3, 0.4) is 0 Å². The molecule has 2 aromatic rings. The maximum absolute atomic E-state index is 12.2. The zero-order valence-electron chi connectivity index (χ0n) is 16.7. The molecule has 2 rings (SSSR count). The molecule has 7 nitrogen and oxygen atoms in total. The first-order chi connectivity index (χ1) is 13.4. The summed E-state index contributed by atoms with van der Waals surface area (Å²) >= 11 is 1.15. The van der Waals surface area contributed by atoms with Crippen LogP contribution < -0.4 is 15.4 Å². The SMILES string of the molecule is CCNC(=NCc1ccc(C)cc1OC)NCC(O)CS(=O)(=O)c1cccs1.I. The highest BCUT2D eigenvalue weighted by Gasteiger charge is 2.20. The van der Waals surface area contributed by atoms with E-state index in [0.717, 1.165) is 28.2 Å². The topological polar surface area (TPSA) is 100 Å². The molecule has 1 heterocycles. The standard InChI is InChI=1S/C19H27N3O4S2.HI/c1-4-20-19(21-11-15-8-7-14(2)10-17(15)26-3)22-12-16(23)13-28(24,25)18-6-5-9-27-18;/h5-10,16,23H,4,11-13H2,1-3H3,(H2,20,21,22);1H. The van der Waals surface area contributed by atoms with Crippen LogP contribution in [0, 0.1) is 6.92 Å². The number of nitrogens with zero attached hydrogens (tertiary/aromatic N) is 1. The molecular formula is C19H28IN3O4S2. The number of nitrogens with one attached hydrogen (secondary N) is 2. The van der Waals surface area contributed by atoms with Crippen LogP contribution >= 0.6 is 35.3 Å². The van der Waals surface area contributed by atoms with Crippen molar-refractivity contribution in [2.45, 2.75) is 30.7 Å². The van der Waals surface area contributed by atoms with E-state index in [4.69, 9.17) is 4.74 Å². The van der Waals surface area contributed by atoms with E-state index in [1.54, 1.807) is 24.6 Å². The number of rotatable bonds is 9. The normalized spacial score (nSPS) is 12.8. The minimum Gasteiger partial charge on any atom is -0.496 e. The smallest absolute Gasteiger partial charge is 0.191 e. The zero-order chi connectivity index (χ0) is 20.6. The van der Waals surface area contributed by atoms with Crippen LogP contribution in [0.25, 0.3) is 0 Å². The number of hydrogen-bond acceptors (Lipinski definition) is 6. The Labute approximate surface area is 193 Å². The molecule has 0 saturated carbocycles. The van der Waals surface area contributed by atoms with E-state index in [9.17, 15) is 13.5 Å². The Morgan fingerprint density at radius 1 is 1.31 bits per heavy atom. The van der Waals surface area contributed by atoms with Gasteiger partial charge >= 0.3 is 0 Å². The summed E-state index contributed by atoms with van der Waals surface area (Å²) in [5.41, 5.74) is 2.04. The summed E-state index contributed by atoms with van der Waals surface area (Å²) in [6, 6.07) is 9.12. The van der Waals surface area contributed by atoms with Crippen LogP contribution in [0.15, 0.2) is 44.9 Å². The first-order valence-corrected chi connectivity index (χ1v) is 11.5. The first-order valence-electron chi connectivity index (χ1n) is 8.95. The van der Waals surface area contributed by atoms with Gasteiger partial charge in [-0.2, -0.15) is 0 Å². The van der Waals surface area contributed by atoms with Gasteiger partial charge in [0.25, 0.3) is 0 Å². The lowest BCUT2D eigenvalue weighted by Gasteiger charge is -2.15. The molecule has 1 atom stereocenters. The van der Waals surface area contributed by atoms with E-state index in [-0.39, 0.29) is 40.5 Å². The molecule has 0 bridgehead atoms. The Morgan fingerprint density at radius 2 is 2.07 bits per heavy atom. The monoisotopic (exact) mass is 553 g/mol. The Kier molecular flexibility index (Phi) is 10.9. The van der Waals surface area contributed by atoms with Crippen molar-refractivity contribution in [2.75, 3.05) is 26.0 Å². The van der Waals surface area contributed by atoms with Crippen LogP contribution in [0.4, 0.5) is 0 Å². The summed E-state index contributed by atoms with van der Waals surface area (Å²) in [6.45, 7) is 5.03. The summed E-state index contributed by atoms with van der Waals surface area (Å²) in [4.78, 5) is 4.50. The van der Waals surface area contributed by atoms with Crippen molar-refractivity contribution >= 4 is 51.1 Å². The summed E-state index contributed by atoms with van der Waals surface area (Å²) in [5, 5.41) is 17.9. The minimum atomic E-state index is -3.49. The molecule has 162 valence electrons. The van der Waals surface area contributed by atoms with Crippen molar-refractivity contribution < 1.29 is 18.3 Å². The van der Waals surface area contributed by atoms with Gasteiger partial charge in [0.2, 0.25) is 0 Å². The number of benzene rings is 1. The Balaban J connectivity index is 0.00000420. The third-order valence-electron chi connectivity index (χ3n) is 3.91. The average Bonchev–Trinajstić information content (AvgIpc) is 3.20. The zero-order valence-corrected chi connectivity index (χ0v) is 20.7. The number of sulfone groups is 1. The summed E-state index contributed by atoms with van der Waals surface area (Å²) in [5.74, 6) is 0.922. The van der Waals surface area contributed by atoms with Gasteiger partial charge in [-0.1, -0.05) is 18.2 Å². The van der Waals surface area contributed by atoms with Gasteiger partial charge in [-0.3, -0.25) is 0 Å². The van der Waals surface area contributed by atoms with Gasteiger partial charge in [0.05, 0.1) is 25.5 Å². The van der Waals surface area contributed by atoms with E-state index in [2.05, 4.69) is 15.6 Å². The van der Waals surface area contributed by atoms with Gasteiger partial charge < -0.3 is 20.5 Å². The molecule has 0 spiro atoms. The van der Waals surface area contributed by atoms with Gasteiger partial charge in [-0.25, -0.2) is 13.4 Å². The Morgan fingerprint density at radius 3 is 2.69 bits per heavy atom. The molecule has 0 amide bonds. The van der Waals surface area contributed by atoms with Crippen LogP contribution in [-0.4, -0.2) is 51.5 Å². The number of aliphatic hydroxyl groups excluding tert-OH is 1. The predicted molar refractivity (Wildman–Crippen MR) is 128 cm³/mol. The lowest BCUT2D eigenvalue weighted by molar-refractivity contribution is 0.200. The van der Waals surface area contributed by atoms with E-state index in [1.165, 1.54) is 0 Å². The van der Waals surface area contributed by atoms with Crippen molar-refractivity contribution in [1.29, 1.82) is 0 Å². The number of ether oxygens (including phenoxy) is 1. The number of aryl methyl sites for hydroxylation is 1. The van der Waals surface area contributed by atoms with Gasteiger partial charge in [-0.15, -0.1) is 35.3 Å². The van der Waals surface area contributed by atoms with Gasteiger partial charge in [0.15, 0.2) is 15.8 Å². The fourth-order valence-electron chi connectivity index (χ4n) is 2.54. The van der Waals surface area contributed by atoms with Crippen LogP contribution in [-0.2, 0) is 16.4 Å². The second kappa shape index (κ2) is 12.4. The molecule has 0 aliphatic carbocycles. The number of hydrogen-bond donors (Lipinski definition) is 3. The van der Waals surface area contributed by atoms with Gasteiger partial charge in [-0.05, 0) is 36.9 Å². The minimum absolute atomic E-state index is 0. The lowest BCUT2D eigenvalue weighted by atomic mass is 10.1. The van der Waals surface area contributed by atoms with Crippen LogP contribution in [0.2, 0.25) is 0 Å². The first kappa shape index (κ1) is 25.7. The number of aliphatic hydroxyl groups is 1. The maximum atomic E-state index is 12.2. The molecule has 0 aliphatic heterocycles. The second-order valence-electron chi connectivity index (χ2n) is 6.26.